The summed E-state index contributed by atoms with van der Waals surface area (Å²) >= 11 is 0. The lowest BCUT2D eigenvalue weighted by Gasteiger charge is -2.17. The van der Waals surface area contributed by atoms with E-state index in [0.717, 1.165) is 52.0 Å². The molecule has 1 aromatic heterocycles. The number of aromatic nitrogens is 1. The van der Waals surface area contributed by atoms with Crippen LogP contribution in [0.4, 0.5) is 0 Å². The van der Waals surface area contributed by atoms with E-state index >= 15 is 0 Å². The highest BCUT2D eigenvalue weighted by atomic mass is 32.2. The SMILES string of the molecule is Cc1ccc(CNC(=O)CN(C)S(=O)(=O)c2ccc3[nH]c4c(c3c2)CCCC4)cc1. The van der Waals surface area contributed by atoms with Crippen molar-refractivity contribution < 1.29 is 13.2 Å². The van der Waals surface area contributed by atoms with Crippen molar-refractivity contribution in [2.45, 2.75) is 44.0 Å². The second-order valence-electron chi connectivity index (χ2n) is 8.02. The van der Waals surface area contributed by atoms with Crippen molar-refractivity contribution in [3.8, 4) is 0 Å². The van der Waals surface area contributed by atoms with Gasteiger partial charge >= 0.3 is 0 Å². The van der Waals surface area contributed by atoms with Crippen molar-refractivity contribution in [2.24, 2.45) is 0 Å². The van der Waals surface area contributed by atoms with Gasteiger partial charge < -0.3 is 10.3 Å². The number of sulfonamides is 1. The summed E-state index contributed by atoms with van der Waals surface area (Å²) in [6, 6.07) is 13.0. The van der Waals surface area contributed by atoms with Crippen molar-refractivity contribution in [3.63, 3.8) is 0 Å². The molecule has 3 aromatic rings. The summed E-state index contributed by atoms with van der Waals surface area (Å²) in [5.41, 5.74) is 5.54. The number of aromatic amines is 1. The van der Waals surface area contributed by atoms with Crippen LogP contribution in [0.3, 0.4) is 0 Å². The summed E-state index contributed by atoms with van der Waals surface area (Å²) < 4.78 is 27.2. The summed E-state index contributed by atoms with van der Waals surface area (Å²) in [4.78, 5) is 16.0. The number of hydrogen-bond acceptors (Lipinski definition) is 3. The van der Waals surface area contributed by atoms with E-state index in [1.165, 1.54) is 18.3 Å². The molecule has 0 radical (unpaired) electrons. The van der Waals surface area contributed by atoms with Crippen LogP contribution < -0.4 is 5.32 Å². The normalized spacial score (nSPS) is 14.1. The number of carbonyl (C=O) groups excluding carboxylic acids is 1. The molecule has 0 atom stereocenters. The highest BCUT2D eigenvalue weighted by Gasteiger charge is 2.24. The molecule has 1 amide bonds. The van der Waals surface area contributed by atoms with Crippen molar-refractivity contribution in [1.82, 2.24) is 14.6 Å². The van der Waals surface area contributed by atoms with E-state index in [9.17, 15) is 13.2 Å². The lowest BCUT2D eigenvalue weighted by Crippen LogP contribution is -2.38. The topological polar surface area (TPSA) is 82.3 Å². The Kier molecular flexibility index (Phi) is 5.66. The third kappa shape index (κ3) is 4.13. The van der Waals surface area contributed by atoms with Crippen molar-refractivity contribution in [3.05, 3.63) is 64.8 Å². The maximum absolute atomic E-state index is 13.0. The number of nitrogens with zero attached hydrogens (tertiary/aromatic N) is 1. The predicted octanol–water partition coefficient (Wildman–Crippen LogP) is 3.29. The minimum Gasteiger partial charge on any atom is -0.358 e. The summed E-state index contributed by atoms with van der Waals surface area (Å²) in [6.07, 6.45) is 4.26. The quantitative estimate of drug-likeness (QED) is 0.636. The van der Waals surface area contributed by atoms with Crippen LogP contribution in [-0.4, -0.2) is 37.2 Å². The van der Waals surface area contributed by atoms with Gasteiger partial charge in [0.2, 0.25) is 15.9 Å². The maximum atomic E-state index is 13.0. The van der Waals surface area contributed by atoms with Crippen LogP contribution in [0.2, 0.25) is 0 Å². The Morgan fingerprint density at radius 1 is 1.10 bits per heavy atom. The monoisotopic (exact) mass is 425 g/mol. The molecule has 1 aliphatic carbocycles. The Labute approximate surface area is 177 Å². The van der Waals surface area contributed by atoms with E-state index in [1.54, 1.807) is 12.1 Å². The number of aryl methyl sites for hydroxylation is 3. The second-order valence-corrected chi connectivity index (χ2v) is 10.1. The fourth-order valence-electron chi connectivity index (χ4n) is 3.98. The molecule has 158 valence electrons. The Bertz CT molecular complexity index is 1180. The van der Waals surface area contributed by atoms with Gasteiger partial charge in [-0.05, 0) is 61.9 Å². The van der Waals surface area contributed by atoms with Gasteiger partial charge in [-0.2, -0.15) is 4.31 Å². The first-order chi connectivity index (χ1) is 14.3. The molecule has 0 bridgehead atoms. The Balaban J connectivity index is 1.47. The van der Waals surface area contributed by atoms with Gasteiger partial charge in [-0.15, -0.1) is 0 Å². The van der Waals surface area contributed by atoms with Crippen LogP contribution >= 0.6 is 0 Å². The smallest absolute Gasteiger partial charge is 0.243 e. The molecule has 7 heteroatoms. The summed E-state index contributed by atoms with van der Waals surface area (Å²) in [5, 5.41) is 3.76. The fraction of sp³-hybridized carbons (Fsp3) is 0.348. The van der Waals surface area contributed by atoms with Crippen LogP contribution in [0.5, 0.6) is 0 Å². The molecule has 0 fully saturated rings. The lowest BCUT2D eigenvalue weighted by molar-refractivity contribution is -0.121. The average molecular weight is 426 g/mol. The van der Waals surface area contributed by atoms with E-state index in [-0.39, 0.29) is 17.3 Å². The van der Waals surface area contributed by atoms with Crippen LogP contribution in [0, 0.1) is 6.92 Å². The number of carbonyl (C=O) groups is 1. The molecule has 6 nitrogen and oxygen atoms in total. The first kappa shape index (κ1) is 20.6. The molecule has 1 aliphatic rings. The first-order valence-corrected chi connectivity index (χ1v) is 11.7. The number of amides is 1. The first-order valence-electron chi connectivity index (χ1n) is 10.3. The largest absolute Gasteiger partial charge is 0.358 e. The van der Waals surface area contributed by atoms with E-state index in [2.05, 4.69) is 10.3 Å². The van der Waals surface area contributed by atoms with Crippen molar-refractivity contribution in [1.29, 1.82) is 0 Å². The Hall–Kier alpha value is -2.64. The standard InChI is InChI=1S/C23H27N3O3S/c1-16-7-9-17(10-8-16)14-24-23(27)15-26(2)30(28,29)18-11-12-22-20(13-18)19-5-3-4-6-21(19)25-22/h7-13,25H,3-6,14-15H2,1-2H3,(H,24,27). The van der Waals surface area contributed by atoms with Crippen molar-refractivity contribution >= 4 is 26.8 Å². The fourth-order valence-corrected chi connectivity index (χ4v) is 5.13. The van der Waals surface area contributed by atoms with Gasteiger partial charge in [-0.25, -0.2) is 8.42 Å². The summed E-state index contributed by atoms with van der Waals surface area (Å²) in [5.74, 6) is -0.332. The van der Waals surface area contributed by atoms with Gasteiger partial charge in [0.05, 0.1) is 11.4 Å². The number of fused-ring (bicyclic) bond motifs is 3. The minimum absolute atomic E-state index is 0.219. The second kappa shape index (κ2) is 8.24. The zero-order valence-corrected chi connectivity index (χ0v) is 18.2. The molecular formula is C23H27N3O3S. The maximum Gasteiger partial charge on any atom is 0.243 e. The molecule has 2 N–H and O–H groups in total. The van der Waals surface area contributed by atoms with E-state index in [4.69, 9.17) is 0 Å². The van der Waals surface area contributed by atoms with Gasteiger partial charge in [0.25, 0.3) is 0 Å². The molecule has 30 heavy (non-hydrogen) atoms. The number of nitrogens with one attached hydrogen (secondary N) is 2. The highest BCUT2D eigenvalue weighted by Crippen LogP contribution is 2.31. The molecule has 0 spiro atoms. The Morgan fingerprint density at radius 3 is 2.60 bits per heavy atom. The number of likely N-dealkylation sites (N-methyl/N-ethyl adjacent to an activating group) is 1. The third-order valence-electron chi connectivity index (χ3n) is 5.75. The van der Waals surface area contributed by atoms with Crippen LogP contribution in [0.1, 0.15) is 35.2 Å². The molecule has 0 aliphatic heterocycles. The van der Waals surface area contributed by atoms with Gasteiger partial charge in [-0.3, -0.25) is 4.79 Å². The number of H-pyrrole nitrogens is 1. The van der Waals surface area contributed by atoms with E-state index < -0.39 is 10.0 Å². The van der Waals surface area contributed by atoms with Crippen LogP contribution in [0.25, 0.3) is 10.9 Å². The predicted molar refractivity (Wildman–Crippen MR) is 118 cm³/mol. The van der Waals surface area contributed by atoms with Gasteiger partial charge in [0, 0.05) is 30.2 Å². The number of rotatable bonds is 6. The number of hydrogen-bond donors (Lipinski definition) is 2. The third-order valence-corrected chi connectivity index (χ3v) is 7.55. The van der Waals surface area contributed by atoms with Gasteiger partial charge in [-0.1, -0.05) is 29.8 Å². The van der Waals surface area contributed by atoms with Gasteiger partial charge in [0.15, 0.2) is 0 Å². The molecule has 4 rings (SSSR count). The average Bonchev–Trinajstić information content (AvgIpc) is 3.11. The van der Waals surface area contributed by atoms with Crippen molar-refractivity contribution in [2.75, 3.05) is 13.6 Å². The molecule has 0 saturated heterocycles. The van der Waals surface area contributed by atoms with Gasteiger partial charge in [0.1, 0.15) is 0 Å². The minimum atomic E-state index is -3.76. The van der Waals surface area contributed by atoms with Crippen LogP contribution in [0.15, 0.2) is 47.4 Å². The zero-order chi connectivity index (χ0) is 21.3. The highest BCUT2D eigenvalue weighted by molar-refractivity contribution is 7.89. The molecule has 1 heterocycles. The van der Waals surface area contributed by atoms with E-state index in [1.807, 2.05) is 37.3 Å². The molecule has 2 aromatic carbocycles. The molecule has 0 unspecified atom stereocenters. The molecule has 0 saturated carbocycles. The summed E-state index contributed by atoms with van der Waals surface area (Å²) in [6.45, 7) is 2.15. The number of benzene rings is 2. The molecular weight excluding hydrogens is 398 g/mol. The Morgan fingerprint density at radius 2 is 1.83 bits per heavy atom. The summed E-state index contributed by atoms with van der Waals surface area (Å²) in [7, 11) is -2.32. The van der Waals surface area contributed by atoms with E-state index in [0.29, 0.717) is 6.54 Å². The van der Waals surface area contributed by atoms with Crippen LogP contribution in [-0.2, 0) is 34.2 Å². The zero-order valence-electron chi connectivity index (χ0n) is 17.4. The lowest BCUT2D eigenvalue weighted by atomic mass is 9.96.